The van der Waals surface area contributed by atoms with E-state index >= 15 is 0 Å². The zero-order valence-electron chi connectivity index (χ0n) is 8.72. The third-order valence-corrected chi connectivity index (χ3v) is 3.33. The Kier molecular flexibility index (Phi) is 2.21. The number of rotatable bonds is 1. The van der Waals surface area contributed by atoms with Crippen LogP contribution in [-0.2, 0) is 11.3 Å². The van der Waals surface area contributed by atoms with E-state index in [1.807, 2.05) is 0 Å². The van der Waals surface area contributed by atoms with Crippen molar-refractivity contribution in [2.24, 2.45) is 5.73 Å². The molecule has 0 amide bonds. The minimum atomic E-state index is 0.0716. The van der Waals surface area contributed by atoms with E-state index in [2.05, 4.69) is 14.8 Å². The zero-order valence-corrected chi connectivity index (χ0v) is 8.72. The molecule has 2 atom stereocenters. The van der Waals surface area contributed by atoms with Gasteiger partial charge in [0.15, 0.2) is 0 Å². The van der Waals surface area contributed by atoms with Gasteiger partial charge in [-0.05, 0) is 19.3 Å². The Morgan fingerprint density at radius 1 is 1.27 bits per heavy atom. The highest BCUT2D eigenvalue weighted by molar-refractivity contribution is 5.08. The van der Waals surface area contributed by atoms with Gasteiger partial charge in [-0.25, -0.2) is 0 Å². The third-order valence-electron chi connectivity index (χ3n) is 3.33. The molecular formula is C10H16N4O. The van der Waals surface area contributed by atoms with Gasteiger partial charge in [0.2, 0.25) is 0 Å². The molecule has 0 radical (unpaired) electrons. The van der Waals surface area contributed by atoms with E-state index in [0.717, 1.165) is 50.7 Å². The second kappa shape index (κ2) is 3.57. The summed E-state index contributed by atoms with van der Waals surface area (Å²) in [6.07, 6.45) is 3.22. The molecule has 0 aliphatic carbocycles. The monoisotopic (exact) mass is 208 g/mol. The quantitative estimate of drug-likeness (QED) is 0.733. The molecule has 3 rings (SSSR count). The van der Waals surface area contributed by atoms with E-state index in [9.17, 15) is 0 Å². The lowest BCUT2D eigenvalue weighted by atomic mass is 10.1. The van der Waals surface area contributed by atoms with Crippen LogP contribution in [0.2, 0.25) is 0 Å². The lowest BCUT2D eigenvalue weighted by Crippen LogP contribution is -2.24. The van der Waals surface area contributed by atoms with Crippen molar-refractivity contribution < 1.29 is 4.74 Å². The summed E-state index contributed by atoms with van der Waals surface area (Å²) >= 11 is 0. The highest BCUT2D eigenvalue weighted by Gasteiger charge is 2.28. The smallest absolute Gasteiger partial charge is 0.149 e. The van der Waals surface area contributed by atoms with Crippen molar-refractivity contribution in [1.29, 1.82) is 0 Å². The van der Waals surface area contributed by atoms with Gasteiger partial charge in [-0.3, -0.25) is 0 Å². The van der Waals surface area contributed by atoms with E-state index in [-0.39, 0.29) is 6.04 Å². The van der Waals surface area contributed by atoms with Gasteiger partial charge >= 0.3 is 0 Å². The Bertz CT molecular complexity index is 356. The standard InChI is InChI=1S/C10H16N4O/c11-8-2-1-4-14-9(12-13-10(8)14)7-3-5-15-6-7/h7-8H,1-6,11H2. The van der Waals surface area contributed by atoms with Gasteiger partial charge in [-0.2, -0.15) is 0 Å². The molecule has 15 heavy (non-hydrogen) atoms. The number of nitrogens with two attached hydrogens (primary N) is 1. The Hall–Kier alpha value is -0.940. The van der Waals surface area contributed by atoms with Crippen LogP contribution in [0.3, 0.4) is 0 Å². The second-order valence-corrected chi connectivity index (χ2v) is 4.38. The minimum absolute atomic E-state index is 0.0716. The Balaban J connectivity index is 1.95. The fraction of sp³-hybridized carbons (Fsp3) is 0.800. The van der Waals surface area contributed by atoms with Crippen LogP contribution >= 0.6 is 0 Å². The number of aromatic nitrogens is 3. The van der Waals surface area contributed by atoms with Gasteiger partial charge in [0.1, 0.15) is 11.6 Å². The highest BCUT2D eigenvalue weighted by Crippen LogP contribution is 2.29. The summed E-state index contributed by atoms with van der Waals surface area (Å²) in [4.78, 5) is 0. The van der Waals surface area contributed by atoms with Crippen molar-refractivity contribution in [1.82, 2.24) is 14.8 Å². The number of fused-ring (bicyclic) bond motifs is 1. The van der Waals surface area contributed by atoms with E-state index in [1.165, 1.54) is 0 Å². The molecule has 82 valence electrons. The second-order valence-electron chi connectivity index (χ2n) is 4.38. The van der Waals surface area contributed by atoms with E-state index in [1.54, 1.807) is 0 Å². The van der Waals surface area contributed by atoms with Crippen LogP contribution in [0.4, 0.5) is 0 Å². The van der Waals surface area contributed by atoms with Crippen molar-refractivity contribution in [2.45, 2.75) is 37.8 Å². The molecule has 2 N–H and O–H groups in total. The fourth-order valence-corrected chi connectivity index (χ4v) is 2.47. The molecule has 1 aromatic rings. The van der Waals surface area contributed by atoms with Crippen LogP contribution in [-0.4, -0.2) is 28.0 Å². The SMILES string of the molecule is NC1CCCn2c1nnc2C1CCOC1. The first-order valence-corrected chi connectivity index (χ1v) is 5.62. The first-order valence-electron chi connectivity index (χ1n) is 5.62. The molecule has 3 heterocycles. The van der Waals surface area contributed by atoms with Crippen molar-refractivity contribution in [3.63, 3.8) is 0 Å². The molecule has 2 aliphatic rings. The summed E-state index contributed by atoms with van der Waals surface area (Å²) < 4.78 is 7.59. The largest absolute Gasteiger partial charge is 0.381 e. The Morgan fingerprint density at radius 2 is 2.13 bits per heavy atom. The molecule has 1 fully saturated rings. The predicted molar refractivity (Wildman–Crippen MR) is 54.4 cm³/mol. The molecule has 2 aliphatic heterocycles. The predicted octanol–water partition coefficient (Wildman–Crippen LogP) is 0.576. The van der Waals surface area contributed by atoms with Crippen molar-refractivity contribution in [3.8, 4) is 0 Å². The third kappa shape index (κ3) is 1.46. The maximum Gasteiger partial charge on any atom is 0.149 e. The van der Waals surface area contributed by atoms with Crippen LogP contribution in [0, 0.1) is 0 Å². The summed E-state index contributed by atoms with van der Waals surface area (Å²) in [5.41, 5.74) is 6.00. The molecular weight excluding hydrogens is 192 g/mol. The lowest BCUT2D eigenvalue weighted by molar-refractivity contribution is 0.192. The first kappa shape index (κ1) is 9.30. The molecule has 5 heteroatoms. The topological polar surface area (TPSA) is 66.0 Å². The van der Waals surface area contributed by atoms with Crippen molar-refractivity contribution >= 4 is 0 Å². The van der Waals surface area contributed by atoms with E-state index < -0.39 is 0 Å². The van der Waals surface area contributed by atoms with Crippen LogP contribution < -0.4 is 5.73 Å². The summed E-state index contributed by atoms with van der Waals surface area (Å²) in [5.74, 6) is 2.47. The zero-order chi connectivity index (χ0) is 10.3. The van der Waals surface area contributed by atoms with Crippen LogP contribution in [0.15, 0.2) is 0 Å². The molecule has 0 spiro atoms. The minimum Gasteiger partial charge on any atom is -0.381 e. The lowest BCUT2D eigenvalue weighted by Gasteiger charge is -2.21. The normalized spacial score (nSPS) is 30.5. The van der Waals surface area contributed by atoms with Crippen molar-refractivity contribution in [2.75, 3.05) is 13.2 Å². The van der Waals surface area contributed by atoms with Crippen LogP contribution in [0.5, 0.6) is 0 Å². The van der Waals surface area contributed by atoms with Gasteiger partial charge in [0.25, 0.3) is 0 Å². The van der Waals surface area contributed by atoms with Crippen LogP contribution in [0.1, 0.15) is 42.9 Å². The number of ether oxygens (including phenoxy) is 1. The summed E-state index contributed by atoms with van der Waals surface area (Å²) in [7, 11) is 0. The van der Waals surface area contributed by atoms with E-state index in [4.69, 9.17) is 10.5 Å². The van der Waals surface area contributed by atoms with Crippen molar-refractivity contribution in [3.05, 3.63) is 11.6 Å². The molecule has 0 bridgehead atoms. The molecule has 1 aromatic heterocycles. The van der Waals surface area contributed by atoms with Gasteiger partial charge in [0, 0.05) is 19.1 Å². The maximum atomic E-state index is 6.00. The first-order chi connectivity index (χ1) is 7.36. The highest BCUT2D eigenvalue weighted by atomic mass is 16.5. The fourth-order valence-electron chi connectivity index (χ4n) is 2.47. The maximum absolute atomic E-state index is 6.00. The summed E-state index contributed by atoms with van der Waals surface area (Å²) in [6.45, 7) is 2.65. The summed E-state index contributed by atoms with van der Waals surface area (Å²) in [6, 6.07) is 0.0716. The van der Waals surface area contributed by atoms with Gasteiger partial charge in [-0.15, -0.1) is 10.2 Å². The van der Waals surface area contributed by atoms with Crippen LogP contribution in [0.25, 0.3) is 0 Å². The van der Waals surface area contributed by atoms with E-state index in [0.29, 0.717) is 5.92 Å². The van der Waals surface area contributed by atoms with Gasteiger partial charge in [-0.1, -0.05) is 0 Å². The molecule has 2 unspecified atom stereocenters. The molecule has 1 saturated heterocycles. The number of hydrogen-bond donors (Lipinski definition) is 1. The Labute approximate surface area is 88.6 Å². The van der Waals surface area contributed by atoms with Gasteiger partial charge < -0.3 is 15.0 Å². The summed E-state index contributed by atoms with van der Waals surface area (Å²) in [5, 5.41) is 8.50. The molecule has 5 nitrogen and oxygen atoms in total. The Morgan fingerprint density at radius 3 is 2.93 bits per heavy atom. The average Bonchev–Trinajstić information content (AvgIpc) is 2.85. The van der Waals surface area contributed by atoms with Gasteiger partial charge in [0.05, 0.1) is 12.6 Å². The number of hydrogen-bond acceptors (Lipinski definition) is 4. The molecule has 0 saturated carbocycles. The molecule has 0 aromatic carbocycles. The average molecular weight is 208 g/mol. The number of nitrogens with zero attached hydrogens (tertiary/aromatic N) is 3.